The van der Waals surface area contributed by atoms with Crippen LogP contribution < -0.4 is 5.73 Å². The number of amides is 1. The van der Waals surface area contributed by atoms with E-state index in [0.717, 1.165) is 41.8 Å². The minimum atomic E-state index is -0.00199. The van der Waals surface area contributed by atoms with Crippen molar-refractivity contribution in [1.29, 1.82) is 5.26 Å². The van der Waals surface area contributed by atoms with E-state index < -0.39 is 0 Å². The van der Waals surface area contributed by atoms with E-state index in [1.54, 1.807) is 24.5 Å². The molecule has 0 radical (unpaired) electrons. The van der Waals surface area contributed by atoms with Crippen LogP contribution in [0, 0.1) is 11.3 Å². The lowest BCUT2D eigenvalue weighted by Crippen LogP contribution is -2.46. The van der Waals surface area contributed by atoms with Crippen molar-refractivity contribution in [2.75, 3.05) is 13.1 Å². The number of pyridine rings is 1. The Hall–Kier alpha value is -3.43. The first kappa shape index (κ1) is 18.9. The fourth-order valence-corrected chi connectivity index (χ4v) is 3.97. The summed E-state index contributed by atoms with van der Waals surface area (Å²) in [6.45, 7) is 1.31. The van der Waals surface area contributed by atoms with Crippen LogP contribution in [0.4, 0.5) is 0 Å². The number of nitrogens with zero attached hydrogens (tertiary/aromatic N) is 4. The lowest BCUT2D eigenvalue weighted by atomic mass is 10.0. The predicted octanol–water partition coefficient (Wildman–Crippen LogP) is 3.19. The highest BCUT2D eigenvalue weighted by Gasteiger charge is 2.27. The van der Waals surface area contributed by atoms with Crippen LogP contribution >= 0.6 is 0 Å². The number of nitrogens with two attached hydrogens (primary N) is 1. The molecule has 3 heterocycles. The Labute approximate surface area is 170 Å². The van der Waals surface area contributed by atoms with Crippen LogP contribution in [-0.2, 0) is 7.05 Å². The monoisotopic (exact) mass is 385 g/mol. The van der Waals surface area contributed by atoms with Gasteiger partial charge in [-0.2, -0.15) is 5.26 Å². The lowest BCUT2D eigenvalue weighted by Gasteiger charge is -2.30. The highest BCUT2D eigenvalue weighted by Crippen LogP contribution is 2.35. The van der Waals surface area contributed by atoms with E-state index in [2.05, 4.69) is 11.1 Å². The third-order valence-electron chi connectivity index (χ3n) is 5.48. The largest absolute Gasteiger partial charge is 0.339 e. The molecular formula is C23H23N5O. The molecule has 0 spiro atoms. The summed E-state index contributed by atoms with van der Waals surface area (Å²) in [6, 6.07) is 15.4. The van der Waals surface area contributed by atoms with Crippen LogP contribution in [0.3, 0.4) is 0 Å². The zero-order valence-corrected chi connectivity index (χ0v) is 16.4. The van der Waals surface area contributed by atoms with E-state index >= 15 is 0 Å². The van der Waals surface area contributed by atoms with Crippen LogP contribution in [0.2, 0.25) is 0 Å². The van der Waals surface area contributed by atoms with Crippen LogP contribution in [0.25, 0.3) is 22.4 Å². The SMILES string of the molecule is Cn1c(C(=O)N2CCC[C@@H](N)C2)cc(-c2ccc(C#N)cc2)c1-c1ccncc1. The van der Waals surface area contributed by atoms with Gasteiger partial charge in [0.2, 0.25) is 0 Å². The Bertz CT molecular complexity index is 1060. The first-order valence-electron chi connectivity index (χ1n) is 9.74. The van der Waals surface area contributed by atoms with Gasteiger partial charge in [0, 0.05) is 49.7 Å². The average molecular weight is 385 g/mol. The van der Waals surface area contributed by atoms with Crippen LogP contribution in [0.5, 0.6) is 0 Å². The van der Waals surface area contributed by atoms with Gasteiger partial charge in [-0.1, -0.05) is 12.1 Å². The van der Waals surface area contributed by atoms with Crippen molar-refractivity contribution in [2.45, 2.75) is 18.9 Å². The van der Waals surface area contributed by atoms with Gasteiger partial charge in [0.25, 0.3) is 5.91 Å². The van der Waals surface area contributed by atoms with Crippen molar-refractivity contribution in [1.82, 2.24) is 14.5 Å². The molecule has 0 saturated carbocycles. The first-order chi connectivity index (χ1) is 14.1. The molecule has 2 aromatic heterocycles. The third kappa shape index (κ3) is 3.65. The van der Waals surface area contributed by atoms with Crippen molar-refractivity contribution >= 4 is 5.91 Å². The topological polar surface area (TPSA) is 87.9 Å². The molecule has 2 N–H and O–H groups in total. The van der Waals surface area contributed by atoms with Gasteiger partial charge in [-0.25, -0.2) is 0 Å². The smallest absolute Gasteiger partial charge is 0.270 e. The average Bonchev–Trinajstić information content (AvgIpc) is 3.11. The summed E-state index contributed by atoms with van der Waals surface area (Å²) in [7, 11) is 1.92. The second kappa shape index (κ2) is 7.90. The van der Waals surface area contributed by atoms with Crippen molar-refractivity contribution in [2.24, 2.45) is 12.8 Å². The van der Waals surface area contributed by atoms with Gasteiger partial charge >= 0.3 is 0 Å². The van der Waals surface area contributed by atoms with Crippen LogP contribution in [-0.4, -0.2) is 39.5 Å². The molecule has 4 rings (SSSR count). The normalized spacial score (nSPS) is 16.4. The van der Waals surface area contributed by atoms with E-state index in [1.807, 2.05) is 46.8 Å². The first-order valence-corrected chi connectivity index (χ1v) is 9.74. The Morgan fingerprint density at radius 2 is 1.90 bits per heavy atom. The summed E-state index contributed by atoms with van der Waals surface area (Å²) in [6.07, 6.45) is 5.37. The standard InChI is InChI=1S/C23H23N5O/c1-27-21(23(29)28-12-2-3-19(25)15-28)13-20(17-6-4-16(14-24)5-7-17)22(27)18-8-10-26-11-9-18/h4-11,13,19H,2-3,12,15,25H2,1H3/t19-/m1/s1. The zero-order valence-electron chi connectivity index (χ0n) is 16.4. The summed E-state index contributed by atoms with van der Waals surface area (Å²) < 4.78 is 1.95. The molecule has 146 valence electrons. The zero-order chi connectivity index (χ0) is 20.4. The maximum atomic E-state index is 13.3. The predicted molar refractivity (Wildman–Crippen MR) is 112 cm³/mol. The Morgan fingerprint density at radius 3 is 2.55 bits per heavy atom. The number of benzene rings is 1. The van der Waals surface area contributed by atoms with Crippen LogP contribution in [0.1, 0.15) is 28.9 Å². The Kier molecular flexibility index (Phi) is 5.15. The number of piperidine rings is 1. The minimum absolute atomic E-state index is 0.00199. The van der Waals surface area contributed by atoms with Crippen molar-refractivity contribution in [3.63, 3.8) is 0 Å². The van der Waals surface area contributed by atoms with Crippen molar-refractivity contribution < 1.29 is 4.79 Å². The molecule has 1 aromatic carbocycles. The van der Waals surface area contributed by atoms with Gasteiger partial charge in [-0.3, -0.25) is 9.78 Å². The van der Waals surface area contributed by atoms with Gasteiger partial charge in [-0.05, 0) is 48.7 Å². The maximum absolute atomic E-state index is 13.3. The lowest BCUT2D eigenvalue weighted by molar-refractivity contribution is 0.0699. The number of nitriles is 1. The Morgan fingerprint density at radius 1 is 1.17 bits per heavy atom. The summed E-state index contributed by atoms with van der Waals surface area (Å²) >= 11 is 0. The molecule has 1 aliphatic heterocycles. The fraction of sp³-hybridized carbons (Fsp3) is 0.261. The number of carbonyl (C=O) groups is 1. The number of likely N-dealkylation sites (tertiary alicyclic amines) is 1. The number of rotatable bonds is 3. The minimum Gasteiger partial charge on any atom is -0.339 e. The molecular weight excluding hydrogens is 362 g/mol. The van der Waals surface area contributed by atoms with E-state index in [9.17, 15) is 4.79 Å². The molecule has 0 bridgehead atoms. The highest BCUT2D eigenvalue weighted by atomic mass is 16.2. The number of hydrogen-bond acceptors (Lipinski definition) is 4. The summed E-state index contributed by atoms with van der Waals surface area (Å²) in [5.41, 5.74) is 11.2. The molecule has 1 saturated heterocycles. The van der Waals surface area contributed by atoms with Crippen LogP contribution in [0.15, 0.2) is 54.9 Å². The van der Waals surface area contributed by atoms with Gasteiger partial charge in [0.15, 0.2) is 0 Å². The highest BCUT2D eigenvalue weighted by molar-refractivity contribution is 5.97. The number of hydrogen-bond donors (Lipinski definition) is 1. The number of carbonyl (C=O) groups excluding carboxylic acids is 1. The molecule has 0 aliphatic carbocycles. The molecule has 6 heteroatoms. The van der Waals surface area contributed by atoms with E-state index in [0.29, 0.717) is 17.8 Å². The second-order valence-corrected chi connectivity index (χ2v) is 7.43. The fourth-order valence-electron chi connectivity index (χ4n) is 3.97. The number of aromatic nitrogens is 2. The summed E-state index contributed by atoms with van der Waals surface area (Å²) in [5.74, 6) is -0.00199. The van der Waals surface area contributed by atoms with Crippen molar-refractivity contribution in [3.05, 3.63) is 66.1 Å². The van der Waals surface area contributed by atoms with E-state index in [1.165, 1.54) is 0 Å². The van der Waals surface area contributed by atoms with E-state index in [4.69, 9.17) is 11.0 Å². The molecule has 6 nitrogen and oxygen atoms in total. The molecule has 1 fully saturated rings. The van der Waals surface area contributed by atoms with Gasteiger partial charge in [-0.15, -0.1) is 0 Å². The third-order valence-corrected chi connectivity index (χ3v) is 5.48. The maximum Gasteiger partial charge on any atom is 0.270 e. The Balaban J connectivity index is 1.82. The molecule has 3 aromatic rings. The molecule has 0 unspecified atom stereocenters. The molecule has 1 atom stereocenters. The van der Waals surface area contributed by atoms with Gasteiger partial charge < -0.3 is 15.2 Å². The molecule has 29 heavy (non-hydrogen) atoms. The molecule has 1 aliphatic rings. The second-order valence-electron chi connectivity index (χ2n) is 7.43. The van der Waals surface area contributed by atoms with E-state index in [-0.39, 0.29) is 11.9 Å². The van der Waals surface area contributed by atoms with Crippen molar-refractivity contribution in [3.8, 4) is 28.5 Å². The summed E-state index contributed by atoms with van der Waals surface area (Å²) in [4.78, 5) is 19.3. The quantitative estimate of drug-likeness (QED) is 0.750. The van der Waals surface area contributed by atoms with Gasteiger partial charge in [0.05, 0.1) is 17.3 Å². The summed E-state index contributed by atoms with van der Waals surface area (Å²) in [5, 5.41) is 9.10. The molecule has 1 amide bonds. The van der Waals surface area contributed by atoms with Gasteiger partial charge in [0.1, 0.15) is 5.69 Å².